The maximum atomic E-state index is 11.8. The molecule has 1 aromatic carbocycles. The summed E-state index contributed by atoms with van der Waals surface area (Å²) >= 11 is 0. The minimum Gasteiger partial charge on any atom is -0.469 e. The maximum absolute atomic E-state index is 11.8. The monoisotopic (exact) mass is 445 g/mol. The predicted molar refractivity (Wildman–Crippen MR) is 108 cm³/mol. The molecular weight excluding hydrogens is 417 g/mol. The number of esters is 1. The number of aliphatic imine (C=N–C) groups is 1. The second kappa shape index (κ2) is 10.5. The fraction of sp³-hybridized carbons (Fsp3) is 0.556. The number of benzene rings is 1. The molecule has 5 nitrogen and oxygen atoms in total. The molecule has 1 aliphatic heterocycles. The summed E-state index contributed by atoms with van der Waals surface area (Å²) in [4.78, 5) is 18.3. The lowest BCUT2D eigenvalue weighted by atomic mass is 9.99. The van der Waals surface area contributed by atoms with Crippen LogP contribution in [-0.2, 0) is 16.0 Å². The molecule has 0 radical (unpaired) electrons. The number of hydrogen-bond donors (Lipinski definition) is 1. The molecular formula is C18H28IN3O2. The van der Waals surface area contributed by atoms with Gasteiger partial charge in [0, 0.05) is 26.7 Å². The molecule has 24 heavy (non-hydrogen) atoms. The Morgan fingerprint density at radius 1 is 1.33 bits per heavy atom. The zero-order valence-electron chi connectivity index (χ0n) is 14.7. The number of carbonyl (C=O) groups is 1. The van der Waals surface area contributed by atoms with Gasteiger partial charge in [0.15, 0.2) is 5.96 Å². The molecule has 0 spiro atoms. The van der Waals surface area contributed by atoms with Gasteiger partial charge < -0.3 is 15.0 Å². The molecule has 134 valence electrons. The molecule has 2 unspecified atom stereocenters. The minimum absolute atomic E-state index is 0. The van der Waals surface area contributed by atoms with Crippen LogP contribution in [-0.4, -0.2) is 50.6 Å². The van der Waals surface area contributed by atoms with Gasteiger partial charge >= 0.3 is 5.97 Å². The van der Waals surface area contributed by atoms with E-state index >= 15 is 0 Å². The lowest BCUT2D eigenvalue weighted by molar-refractivity contribution is -0.145. The van der Waals surface area contributed by atoms with Crippen molar-refractivity contribution in [2.75, 3.05) is 33.8 Å². The van der Waals surface area contributed by atoms with Gasteiger partial charge in [-0.2, -0.15) is 0 Å². The minimum atomic E-state index is -0.125. The highest BCUT2D eigenvalue weighted by molar-refractivity contribution is 14.0. The molecule has 1 N–H and O–H groups in total. The van der Waals surface area contributed by atoms with Crippen molar-refractivity contribution in [2.45, 2.75) is 19.8 Å². The van der Waals surface area contributed by atoms with Crippen molar-refractivity contribution in [1.29, 1.82) is 0 Å². The van der Waals surface area contributed by atoms with Gasteiger partial charge in [-0.15, -0.1) is 24.0 Å². The second-order valence-corrected chi connectivity index (χ2v) is 6.08. The Labute approximate surface area is 161 Å². The molecule has 0 amide bonds. The average Bonchev–Trinajstić information content (AvgIpc) is 2.96. The van der Waals surface area contributed by atoms with Gasteiger partial charge in [-0.05, 0) is 24.3 Å². The third kappa shape index (κ3) is 5.65. The fourth-order valence-corrected chi connectivity index (χ4v) is 3.07. The van der Waals surface area contributed by atoms with E-state index < -0.39 is 0 Å². The Morgan fingerprint density at radius 3 is 2.67 bits per heavy atom. The number of guanidine groups is 1. The third-order valence-electron chi connectivity index (χ3n) is 4.40. The summed E-state index contributed by atoms with van der Waals surface area (Å²) < 4.78 is 4.89. The number of carbonyl (C=O) groups excluding carboxylic acids is 1. The number of halogens is 1. The van der Waals surface area contributed by atoms with E-state index in [0.29, 0.717) is 6.54 Å². The summed E-state index contributed by atoms with van der Waals surface area (Å²) in [6, 6.07) is 10.5. The number of rotatable bonds is 5. The Kier molecular flexibility index (Phi) is 9.10. The van der Waals surface area contributed by atoms with Crippen LogP contribution in [0.4, 0.5) is 0 Å². The van der Waals surface area contributed by atoms with Crippen LogP contribution >= 0.6 is 24.0 Å². The van der Waals surface area contributed by atoms with Gasteiger partial charge in [0.05, 0.1) is 13.0 Å². The SMILES string of the molecule is CN=C(NCCCc1ccccc1)N1CC(C)C(C(=O)OC)C1.I. The molecule has 1 aromatic rings. The zero-order valence-corrected chi connectivity index (χ0v) is 17.0. The number of nitrogens with one attached hydrogen (secondary N) is 1. The summed E-state index contributed by atoms with van der Waals surface area (Å²) in [7, 11) is 3.24. The van der Waals surface area contributed by atoms with Crippen LogP contribution in [0.15, 0.2) is 35.3 Å². The molecule has 0 saturated carbocycles. The Morgan fingerprint density at radius 2 is 2.04 bits per heavy atom. The number of likely N-dealkylation sites (tertiary alicyclic amines) is 1. The molecule has 0 aliphatic carbocycles. The highest BCUT2D eigenvalue weighted by Crippen LogP contribution is 2.24. The van der Waals surface area contributed by atoms with Crippen LogP contribution in [0.5, 0.6) is 0 Å². The summed E-state index contributed by atoms with van der Waals surface area (Å²) in [5.41, 5.74) is 1.35. The molecule has 6 heteroatoms. The molecule has 1 saturated heterocycles. The molecule has 2 atom stereocenters. The van der Waals surface area contributed by atoms with Gasteiger partial charge in [-0.25, -0.2) is 0 Å². The Bertz CT molecular complexity index is 536. The molecule has 0 bridgehead atoms. The Balaban J connectivity index is 0.00000288. The number of ether oxygens (including phenoxy) is 1. The van der Waals surface area contributed by atoms with Gasteiger partial charge in [0.1, 0.15) is 0 Å². The van der Waals surface area contributed by atoms with Gasteiger partial charge in [0.25, 0.3) is 0 Å². The number of aryl methyl sites for hydroxylation is 1. The first-order chi connectivity index (χ1) is 11.2. The molecule has 1 heterocycles. The van der Waals surface area contributed by atoms with E-state index in [2.05, 4.69) is 46.4 Å². The van der Waals surface area contributed by atoms with Crippen molar-refractivity contribution in [2.24, 2.45) is 16.8 Å². The lowest BCUT2D eigenvalue weighted by Crippen LogP contribution is -2.41. The fourth-order valence-electron chi connectivity index (χ4n) is 3.07. The normalized spacial score (nSPS) is 20.5. The summed E-state index contributed by atoms with van der Waals surface area (Å²) in [5, 5.41) is 3.40. The highest BCUT2D eigenvalue weighted by Gasteiger charge is 2.36. The van der Waals surface area contributed by atoms with Crippen LogP contribution < -0.4 is 5.32 Å². The third-order valence-corrected chi connectivity index (χ3v) is 4.40. The lowest BCUT2D eigenvalue weighted by Gasteiger charge is -2.21. The van der Waals surface area contributed by atoms with Gasteiger partial charge in [0.2, 0.25) is 0 Å². The first kappa shape index (κ1) is 20.7. The van der Waals surface area contributed by atoms with Crippen LogP contribution in [0.3, 0.4) is 0 Å². The zero-order chi connectivity index (χ0) is 16.7. The van der Waals surface area contributed by atoms with E-state index in [0.717, 1.165) is 31.9 Å². The van der Waals surface area contributed by atoms with Crippen molar-refractivity contribution in [1.82, 2.24) is 10.2 Å². The van der Waals surface area contributed by atoms with E-state index in [9.17, 15) is 4.79 Å². The number of nitrogens with zero attached hydrogens (tertiary/aromatic N) is 2. The van der Waals surface area contributed by atoms with E-state index in [1.807, 2.05) is 6.07 Å². The van der Waals surface area contributed by atoms with E-state index in [4.69, 9.17) is 4.74 Å². The van der Waals surface area contributed by atoms with Crippen molar-refractivity contribution in [3.8, 4) is 0 Å². The van der Waals surface area contributed by atoms with Crippen LogP contribution in [0.1, 0.15) is 18.9 Å². The maximum Gasteiger partial charge on any atom is 0.310 e. The summed E-state index contributed by atoms with van der Waals surface area (Å²) in [5.74, 6) is 0.962. The van der Waals surface area contributed by atoms with E-state index in [-0.39, 0.29) is 41.8 Å². The van der Waals surface area contributed by atoms with Crippen molar-refractivity contribution in [3.63, 3.8) is 0 Å². The first-order valence-electron chi connectivity index (χ1n) is 8.23. The summed E-state index contributed by atoms with van der Waals surface area (Å²) in [6.07, 6.45) is 2.10. The van der Waals surface area contributed by atoms with Crippen LogP contribution in [0.25, 0.3) is 0 Å². The van der Waals surface area contributed by atoms with Gasteiger partial charge in [-0.3, -0.25) is 9.79 Å². The van der Waals surface area contributed by atoms with Crippen molar-refractivity contribution >= 4 is 35.9 Å². The highest BCUT2D eigenvalue weighted by atomic mass is 127. The standard InChI is InChI=1S/C18H27N3O2.HI/c1-14-12-21(13-16(14)17(22)23-3)18(19-2)20-11-7-10-15-8-5-4-6-9-15;/h4-6,8-9,14,16H,7,10-13H2,1-3H3,(H,19,20);1H. The van der Waals surface area contributed by atoms with Crippen molar-refractivity contribution < 1.29 is 9.53 Å². The van der Waals surface area contributed by atoms with Crippen LogP contribution in [0, 0.1) is 11.8 Å². The molecule has 2 rings (SSSR count). The predicted octanol–water partition coefficient (Wildman–Crippen LogP) is 2.55. The molecule has 0 aromatic heterocycles. The quantitative estimate of drug-likeness (QED) is 0.249. The Hall–Kier alpha value is -1.31. The van der Waals surface area contributed by atoms with Crippen molar-refractivity contribution in [3.05, 3.63) is 35.9 Å². The number of methoxy groups -OCH3 is 1. The van der Waals surface area contributed by atoms with Crippen LogP contribution in [0.2, 0.25) is 0 Å². The molecule has 1 fully saturated rings. The van der Waals surface area contributed by atoms with Gasteiger partial charge in [-0.1, -0.05) is 37.3 Å². The largest absolute Gasteiger partial charge is 0.469 e. The topological polar surface area (TPSA) is 53.9 Å². The smallest absolute Gasteiger partial charge is 0.310 e. The van der Waals surface area contributed by atoms with E-state index in [1.165, 1.54) is 12.7 Å². The molecule has 1 aliphatic rings. The average molecular weight is 445 g/mol. The summed E-state index contributed by atoms with van der Waals surface area (Å²) in [6.45, 7) is 4.46. The van der Waals surface area contributed by atoms with E-state index in [1.54, 1.807) is 7.05 Å². The number of hydrogen-bond acceptors (Lipinski definition) is 3. The second-order valence-electron chi connectivity index (χ2n) is 6.08. The first-order valence-corrected chi connectivity index (χ1v) is 8.23.